The molecule has 0 fully saturated rings. The van der Waals surface area contributed by atoms with Crippen LogP contribution in [0.4, 0.5) is 0 Å². The zero-order valence-electron chi connectivity index (χ0n) is 7.31. The van der Waals surface area contributed by atoms with Gasteiger partial charge in [0, 0.05) is 18.7 Å². The molecule has 2 rings (SSSR count). The molecule has 0 bridgehead atoms. The summed E-state index contributed by atoms with van der Waals surface area (Å²) in [7, 11) is 0. The van der Waals surface area contributed by atoms with Crippen LogP contribution in [0.3, 0.4) is 0 Å². The first-order chi connectivity index (χ1) is 6.45. The fourth-order valence-electron chi connectivity index (χ4n) is 1.30. The van der Waals surface area contributed by atoms with Crippen LogP contribution in [-0.4, -0.2) is 17.7 Å². The van der Waals surface area contributed by atoms with Gasteiger partial charge in [0.2, 0.25) is 0 Å². The minimum atomic E-state index is 0.426. The molecule has 0 saturated heterocycles. The van der Waals surface area contributed by atoms with Gasteiger partial charge in [-0.15, -0.1) is 0 Å². The molecule has 0 saturated carbocycles. The molecule has 13 heavy (non-hydrogen) atoms. The van der Waals surface area contributed by atoms with Gasteiger partial charge < -0.3 is 9.84 Å². The smallest absolute Gasteiger partial charge is 0.159 e. The average Bonchev–Trinajstić information content (AvgIpc) is 2.69. The van der Waals surface area contributed by atoms with Crippen molar-refractivity contribution in [3.8, 4) is 0 Å². The van der Waals surface area contributed by atoms with Gasteiger partial charge in [-0.25, -0.2) is 0 Å². The normalized spacial score (nSPS) is 22.6. The molecule has 0 aromatic carbocycles. The molecule has 1 aliphatic heterocycles. The molecule has 2 heterocycles. The lowest BCUT2D eigenvalue weighted by Crippen LogP contribution is -2.29. The molecule has 0 aliphatic carbocycles. The number of hydrogen-bond acceptors (Lipinski definition) is 3. The highest BCUT2D eigenvalue weighted by molar-refractivity contribution is 5.42. The first-order valence-corrected chi connectivity index (χ1v) is 4.42. The molecule has 1 aromatic rings. The summed E-state index contributed by atoms with van der Waals surface area (Å²) in [5.74, 6) is 0.802. The Hall–Kier alpha value is -1.35. The molecule has 0 amide bonds. The molecule has 68 valence electrons. The zero-order chi connectivity index (χ0) is 8.93. The Bertz CT molecular complexity index is 301. The van der Waals surface area contributed by atoms with Crippen molar-refractivity contribution in [2.24, 2.45) is 0 Å². The van der Waals surface area contributed by atoms with Crippen molar-refractivity contribution in [3.05, 3.63) is 36.3 Å². The summed E-state index contributed by atoms with van der Waals surface area (Å²) in [6.45, 7) is 0.950. The van der Waals surface area contributed by atoms with Crippen molar-refractivity contribution in [1.29, 1.82) is 0 Å². The topological polar surface area (TPSA) is 38.1 Å². The summed E-state index contributed by atoms with van der Waals surface area (Å²) >= 11 is 0. The summed E-state index contributed by atoms with van der Waals surface area (Å²) < 4.78 is 4.94. The van der Waals surface area contributed by atoms with Crippen LogP contribution in [0.25, 0.3) is 6.08 Å². The van der Waals surface area contributed by atoms with Crippen LogP contribution >= 0.6 is 0 Å². The Morgan fingerprint density at radius 2 is 2.54 bits per heavy atom. The third-order valence-electron chi connectivity index (χ3n) is 2.01. The van der Waals surface area contributed by atoms with Crippen LogP contribution < -0.4 is 5.32 Å². The van der Waals surface area contributed by atoms with Gasteiger partial charge in [0.25, 0.3) is 0 Å². The number of rotatable bonds is 2. The largest absolute Gasteiger partial charge is 0.357 e. The van der Waals surface area contributed by atoms with Crippen molar-refractivity contribution < 1.29 is 4.52 Å². The highest BCUT2D eigenvalue weighted by atomic mass is 16.5. The minimum absolute atomic E-state index is 0.426. The van der Waals surface area contributed by atoms with Crippen LogP contribution in [0.5, 0.6) is 0 Å². The standard InChI is InChI=1S/C10H12N2O/c1-2-7-11-9(3-1)4-5-10-6-8-12-13-10/h1-2,4-6,8-9,11H,3,7H2. The summed E-state index contributed by atoms with van der Waals surface area (Å²) in [4.78, 5) is 0. The second kappa shape index (κ2) is 4.05. The Balaban J connectivity index is 1.93. The maximum atomic E-state index is 4.94. The second-order valence-corrected chi connectivity index (χ2v) is 3.00. The maximum absolute atomic E-state index is 4.94. The van der Waals surface area contributed by atoms with Crippen LogP contribution in [-0.2, 0) is 0 Å². The van der Waals surface area contributed by atoms with E-state index in [0.29, 0.717) is 6.04 Å². The fourth-order valence-corrected chi connectivity index (χ4v) is 1.30. The van der Waals surface area contributed by atoms with Gasteiger partial charge >= 0.3 is 0 Å². The zero-order valence-corrected chi connectivity index (χ0v) is 7.31. The number of nitrogens with one attached hydrogen (secondary N) is 1. The lowest BCUT2D eigenvalue weighted by molar-refractivity contribution is 0.412. The molecule has 1 atom stereocenters. The van der Waals surface area contributed by atoms with Gasteiger partial charge in [-0.3, -0.25) is 0 Å². The van der Waals surface area contributed by atoms with Crippen LogP contribution in [0.1, 0.15) is 12.2 Å². The van der Waals surface area contributed by atoms with Crippen LogP contribution in [0.2, 0.25) is 0 Å². The first kappa shape index (κ1) is 8.26. The molecule has 1 unspecified atom stereocenters. The molecule has 0 radical (unpaired) electrons. The highest BCUT2D eigenvalue weighted by Gasteiger charge is 2.03. The Kier molecular flexibility index (Phi) is 2.57. The van der Waals surface area contributed by atoms with Crippen LogP contribution in [0.15, 0.2) is 35.0 Å². The predicted molar refractivity (Wildman–Crippen MR) is 51.1 cm³/mol. The first-order valence-electron chi connectivity index (χ1n) is 4.42. The molecule has 3 heteroatoms. The van der Waals surface area contributed by atoms with E-state index in [0.717, 1.165) is 18.7 Å². The highest BCUT2D eigenvalue weighted by Crippen LogP contribution is 2.05. The Morgan fingerprint density at radius 1 is 1.54 bits per heavy atom. The summed E-state index contributed by atoms with van der Waals surface area (Å²) in [6.07, 6.45) is 11.1. The van der Waals surface area contributed by atoms with Crippen molar-refractivity contribution in [2.45, 2.75) is 12.5 Å². The molecule has 1 aromatic heterocycles. The molecule has 0 spiro atoms. The lowest BCUT2D eigenvalue weighted by Gasteiger charge is -2.14. The van der Waals surface area contributed by atoms with Gasteiger partial charge in [0.05, 0.1) is 6.20 Å². The van der Waals surface area contributed by atoms with Crippen molar-refractivity contribution in [2.75, 3.05) is 6.54 Å². The number of hydrogen-bond donors (Lipinski definition) is 1. The maximum Gasteiger partial charge on any atom is 0.159 e. The summed E-state index contributed by atoms with van der Waals surface area (Å²) in [5, 5.41) is 6.97. The number of aromatic nitrogens is 1. The van der Waals surface area contributed by atoms with E-state index in [1.54, 1.807) is 6.20 Å². The SMILES string of the molecule is C1=CCC(C=Cc2ccno2)NC1. The fraction of sp³-hybridized carbons (Fsp3) is 0.300. The quantitative estimate of drug-likeness (QED) is 0.695. The van der Waals surface area contributed by atoms with Gasteiger partial charge in [-0.1, -0.05) is 23.4 Å². The molecule has 1 aliphatic rings. The van der Waals surface area contributed by atoms with Gasteiger partial charge in [0.15, 0.2) is 5.76 Å². The monoisotopic (exact) mass is 176 g/mol. The van der Waals surface area contributed by atoms with Crippen LogP contribution in [0, 0.1) is 0 Å². The van der Waals surface area contributed by atoms with E-state index in [1.165, 1.54) is 0 Å². The van der Waals surface area contributed by atoms with E-state index < -0.39 is 0 Å². The third-order valence-corrected chi connectivity index (χ3v) is 2.01. The van der Waals surface area contributed by atoms with Gasteiger partial charge in [-0.2, -0.15) is 0 Å². The Labute approximate surface area is 77.1 Å². The number of nitrogens with zero attached hydrogens (tertiary/aromatic N) is 1. The molecule has 1 N–H and O–H groups in total. The third kappa shape index (κ3) is 2.29. The van der Waals surface area contributed by atoms with Gasteiger partial charge in [0.1, 0.15) is 0 Å². The minimum Gasteiger partial charge on any atom is -0.357 e. The molecular weight excluding hydrogens is 164 g/mol. The average molecular weight is 176 g/mol. The summed E-state index contributed by atoms with van der Waals surface area (Å²) in [6, 6.07) is 2.27. The van der Waals surface area contributed by atoms with Crippen molar-refractivity contribution in [1.82, 2.24) is 10.5 Å². The van der Waals surface area contributed by atoms with E-state index >= 15 is 0 Å². The van der Waals surface area contributed by atoms with E-state index in [-0.39, 0.29) is 0 Å². The van der Waals surface area contributed by atoms with Gasteiger partial charge in [-0.05, 0) is 12.5 Å². The Morgan fingerprint density at radius 3 is 3.23 bits per heavy atom. The second-order valence-electron chi connectivity index (χ2n) is 3.00. The lowest BCUT2D eigenvalue weighted by atomic mass is 10.1. The molecule has 3 nitrogen and oxygen atoms in total. The summed E-state index contributed by atoms with van der Waals surface area (Å²) in [5.41, 5.74) is 0. The van der Waals surface area contributed by atoms with E-state index in [4.69, 9.17) is 4.52 Å². The predicted octanol–water partition coefficient (Wildman–Crippen LogP) is 1.61. The van der Waals surface area contributed by atoms with E-state index in [2.05, 4.69) is 28.7 Å². The van der Waals surface area contributed by atoms with E-state index in [1.807, 2.05) is 12.1 Å². The molecular formula is C10H12N2O. The van der Waals surface area contributed by atoms with Crippen molar-refractivity contribution >= 4 is 6.08 Å². The van der Waals surface area contributed by atoms with E-state index in [9.17, 15) is 0 Å². The van der Waals surface area contributed by atoms with Crippen molar-refractivity contribution in [3.63, 3.8) is 0 Å².